The molecule has 0 fully saturated rings. The lowest BCUT2D eigenvalue weighted by atomic mass is 10.2. The molecule has 0 spiro atoms. The fourth-order valence-electron chi connectivity index (χ4n) is 1.66. The summed E-state index contributed by atoms with van der Waals surface area (Å²) in [4.78, 5) is 0. The van der Waals surface area contributed by atoms with Crippen LogP contribution in [0.15, 0.2) is 70.7 Å². The predicted octanol–water partition coefficient (Wildman–Crippen LogP) is 5.52. The smallest absolute Gasteiger partial charge is 0.193 e. The Kier molecular flexibility index (Phi) is 6.39. The van der Waals surface area contributed by atoms with Crippen LogP contribution < -0.4 is 0 Å². The van der Waals surface area contributed by atoms with Gasteiger partial charge in [0.1, 0.15) is 6.07 Å². The third-order valence-electron chi connectivity index (χ3n) is 2.70. The summed E-state index contributed by atoms with van der Waals surface area (Å²) < 4.78 is 14.1. The van der Waals surface area contributed by atoms with Crippen LogP contribution in [0.4, 0.5) is 4.39 Å². The molecule has 0 aliphatic carbocycles. The predicted molar refractivity (Wildman–Crippen MR) is 89.2 cm³/mol. The van der Waals surface area contributed by atoms with Gasteiger partial charge in [0.15, 0.2) is 0 Å². The van der Waals surface area contributed by atoms with Crippen molar-refractivity contribution < 1.29 is 4.39 Å². The zero-order valence-electron chi connectivity index (χ0n) is 11.3. The molecule has 0 bridgehead atoms. The summed E-state index contributed by atoms with van der Waals surface area (Å²) in [5.74, 6) is 0.622. The summed E-state index contributed by atoms with van der Waals surface area (Å²) in [6.45, 7) is 0. The zero-order chi connectivity index (χ0) is 14.9. The molecule has 0 aliphatic heterocycles. The number of halogens is 1. The Hall–Kier alpha value is -1.70. The van der Waals surface area contributed by atoms with Crippen LogP contribution in [0.25, 0.3) is 0 Å². The lowest BCUT2D eigenvalue weighted by Crippen LogP contribution is -1.84. The molecule has 0 atom stereocenters. The number of benzene rings is 2. The van der Waals surface area contributed by atoms with Gasteiger partial charge < -0.3 is 0 Å². The van der Waals surface area contributed by atoms with Gasteiger partial charge in [-0.3, -0.25) is 0 Å². The first-order valence-corrected chi connectivity index (χ1v) is 8.40. The maximum absolute atomic E-state index is 13.7. The maximum Gasteiger partial charge on any atom is 0.219 e. The first-order chi connectivity index (χ1) is 10.3. The molecule has 0 unspecified atom stereocenters. The van der Waals surface area contributed by atoms with Crippen LogP contribution in [-0.4, -0.2) is 0 Å². The van der Waals surface area contributed by atoms with Crippen molar-refractivity contribution in [1.82, 2.24) is 0 Å². The van der Waals surface area contributed by atoms with E-state index in [0.29, 0.717) is 15.7 Å². The third kappa shape index (κ3) is 5.30. The van der Waals surface area contributed by atoms with Gasteiger partial charge in [0.2, 0.25) is 5.83 Å². The molecule has 0 saturated heterocycles. The van der Waals surface area contributed by atoms with E-state index in [9.17, 15) is 4.39 Å². The van der Waals surface area contributed by atoms with Crippen LogP contribution in [-0.2, 0) is 11.5 Å². The molecule has 0 heterocycles. The Labute approximate surface area is 132 Å². The van der Waals surface area contributed by atoms with Gasteiger partial charge in [0, 0.05) is 11.5 Å². The Morgan fingerprint density at radius 2 is 1.29 bits per heavy atom. The average Bonchev–Trinajstić information content (AvgIpc) is 2.56. The zero-order valence-corrected chi connectivity index (χ0v) is 13.0. The molecule has 0 radical (unpaired) electrons. The minimum atomic E-state index is -0.697. The van der Waals surface area contributed by atoms with Gasteiger partial charge in [-0.15, -0.1) is 23.5 Å². The molecule has 2 rings (SSSR count). The molecule has 4 heteroatoms. The van der Waals surface area contributed by atoms with Crippen molar-refractivity contribution in [3.05, 3.63) is 81.9 Å². The highest BCUT2D eigenvalue weighted by Crippen LogP contribution is 2.36. The average molecular weight is 315 g/mol. The molecule has 2 aromatic rings. The van der Waals surface area contributed by atoms with Crippen molar-refractivity contribution >= 4 is 23.5 Å². The second kappa shape index (κ2) is 8.56. The number of hydrogen-bond donors (Lipinski definition) is 0. The topological polar surface area (TPSA) is 23.8 Å². The molecule has 0 saturated carbocycles. The van der Waals surface area contributed by atoms with E-state index in [-0.39, 0.29) is 0 Å². The van der Waals surface area contributed by atoms with Crippen LogP contribution >= 0.6 is 23.5 Å². The van der Waals surface area contributed by atoms with E-state index < -0.39 is 5.83 Å². The molecule has 0 N–H and O–H groups in total. The van der Waals surface area contributed by atoms with E-state index in [1.807, 2.05) is 60.7 Å². The second-order valence-corrected chi connectivity index (χ2v) is 6.49. The minimum Gasteiger partial charge on any atom is -0.193 e. The molecule has 106 valence electrons. The van der Waals surface area contributed by atoms with Gasteiger partial charge in [-0.25, -0.2) is 0 Å². The first-order valence-electron chi connectivity index (χ1n) is 6.43. The van der Waals surface area contributed by atoms with Gasteiger partial charge in [-0.05, 0) is 11.1 Å². The molecule has 2 aromatic carbocycles. The van der Waals surface area contributed by atoms with E-state index >= 15 is 0 Å². The Balaban J connectivity index is 1.98. The molecular weight excluding hydrogens is 301 g/mol. The van der Waals surface area contributed by atoms with Gasteiger partial charge in [0.05, 0.1) is 4.24 Å². The van der Waals surface area contributed by atoms with Crippen molar-refractivity contribution in [2.75, 3.05) is 0 Å². The molecule has 0 aliphatic rings. The fraction of sp³-hybridized carbons (Fsp3) is 0.118. The van der Waals surface area contributed by atoms with Crippen molar-refractivity contribution in [3.63, 3.8) is 0 Å². The highest BCUT2D eigenvalue weighted by molar-refractivity contribution is 8.21. The summed E-state index contributed by atoms with van der Waals surface area (Å²) in [7, 11) is 0. The van der Waals surface area contributed by atoms with E-state index in [4.69, 9.17) is 5.26 Å². The monoisotopic (exact) mass is 315 g/mol. The van der Waals surface area contributed by atoms with Crippen LogP contribution in [0.5, 0.6) is 0 Å². The molecule has 0 amide bonds. The van der Waals surface area contributed by atoms with Crippen molar-refractivity contribution in [2.24, 2.45) is 0 Å². The number of thioether (sulfide) groups is 2. The van der Waals surface area contributed by atoms with Gasteiger partial charge in [-0.2, -0.15) is 9.65 Å². The highest BCUT2D eigenvalue weighted by Gasteiger charge is 2.09. The largest absolute Gasteiger partial charge is 0.219 e. The van der Waals surface area contributed by atoms with E-state index in [0.717, 1.165) is 11.1 Å². The Bertz CT molecular complexity index is 587. The van der Waals surface area contributed by atoms with Gasteiger partial charge in [-0.1, -0.05) is 60.7 Å². The van der Waals surface area contributed by atoms with Crippen LogP contribution in [0.2, 0.25) is 0 Å². The van der Waals surface area contributed by atoms with Gasteiger partial charge >= 0.3 is 0 Å². The SMILES string of the molecule is N#CC(F)=C(SCc1ccccc1)SCc1ccccc1. The molecular formula is C17H14FNS2. The van der Waals surface area contributed by atoms with Crippen molar-refractivity contribution in [2.45, 2.75) is 11.5 Å². The lowest BCUT2D eigenvalue weighted by molar-refractivity contribution is 0.673. The van der Waals surface area contributed by atoms with Crippen molar-refractivity contribution in [3.8, 4) is 6.07 Å². The summed E-state index contributed by atoms with van der Waals surface area (Å²) in [6, 6.07) is 21.3. The van der Waals surface area contributed by atoms with E-state index in [2.05, 4.69) is 0 Å². The minimum absolute atomic E-state index is 0.449. The summed E-state index contributed by atoms with van der Waals surface area (Å²) >= 11 is 2.74. The second-order valence-electron chi connectivity index (χ2n) is 4.26. The standard InChI is InChI=1S/C17H14FNS2/c18-16(11-19)17(20-12-14-7-3-1-4-8-14)21-13-15-9-5-2-6-10-15/h1-10H,12-13H2. The summed E-state index contributed by atoms with van der Waals surface area (Å²) in [6.07, 6.45) is 0. The van der Waals surface area contributed by atoms with Crippen LogP contribution in [0.3, 0.4) is 0 Å². The number of hydrogen-bond acceptors (Lipinski definition) is 3. The Morgan fingerprint density at radius 3 is 1.67 bits per heavy atom. The third-order valence-corrected chi connectivity index (χ3v) is 5.25. The molecule has 1 nitrogen and oxygen atoms in total. The van der Waals surface area contributed by atoms with Crippen LogP contribution in [0.1, 0.15) is 11.1 Å². The quantitative estimate of drug-likeness (QED) is 0.656. The highest BCUT2D eigenvalue weighted by atomic mass is 32.2. The fourth-order valence-corrected chi connectivity index (χ4v) is 3.67. The summed E-state index contributed by atoms with van der Waals surface area (Å²) in [5, 5.41) is 8.79. The van der Waals surface area contributed by atoms with Gasteiger partial charge in [0.25, 0.3) is 0 Å². The van der Waals surface area contributed by atoms with E-state index in [1.165, 1.54) is 23.5 Å². The summed E-state index contributed by atoms with van der Waals surface area (Å²) in [5.41, 5.74) is 2.23. The molecule has 0 aromatic heterocycles. The Morgan fingerprint density at radius 1 is 0.857 bits per heavy atom. The van der Waals surface area contributed by atoms with Crippen molar-refractivity contribution in [1.29, 1.82) is 5.26 Å². The first kappa shape index (κ1) is 15.7. The van der Waals surface area contributed by atoms with Crippen LogP contribution in [0, 0.1) is 11.3 Å². The number of nitriles is 1. The maximum atomic E-state index is 13.7. The number of allylic oxidation sites excluding steroid dienone is 1. The lowest BCUT2D eigenvalue weighted by Gasteiger charge is -2.07. The molecule has 21 heavy (non-hydrogen) atoms. The number of nitrogens with zero attached hydrogens (tertiary/aromatic N) is 1. The van der Waals surface area contributed by atoms with E-state index in [1.54, 1.807) is 6.07 Å². The number of rotatable bonds is 6. The normalized spacial score (nSPS) is 9.90.